The van der Waals surface area contributed by atoms with Crippen LogP contribution in [0.4, 0.5) is 0 Å². The van der Waals surface area contributed by atoms with E-state index < -0.39 is 0 Å². The summed E-state index contributed by atoms with van der Waals surface area (Å²) in [5.41, 5.74) is 2.63. The molecule has 6 fully saturated rings. The van der Waals surface area contributed by atoms with Crippen LogP contribution < -0.4 is 0 Å². The second kappa shape index (κ2) is 6.02. The van der Waals surface area contributed by atoms with Gasteiger partial charge in [0.25, 0.3) is 0 Å². The van der Waals surface area contributed by atoms with Crippen molar-refractivity contribution in [2.45, 2.75) is 129 Å². The highest BCUT2D eigenvalue weighted by Crippen LogP contribution is 2.68. The highest BCUT2D eigenvalue weighted by molar-refractivity contribution is 5.09. The quantitative estimate of drug-likeness (QED) is 0.478. The second-order valence-electron chi connectivity index (χ2n) is 13.8. The Morgan fingerprint density at radius 2 is 1.46 bits per heavy atom. The second-order valence-corrected chi connectivity index (χ2v) is 13.8. The third kappa shape index (κ3) is 2.80. The number of hydrogen-bond acceptors (Lipinski definition) is 1. The summed E-state index contributed by atoms with van der Waals surface area (Å²) >= 11 is 0. The van der Waals surface area contributed by atoms with Gasteiger partial charge >= 0.3 is 0 Å². The van der Waals surface area contributed by atoms with E-state index in [1.54, 1.807) is 38.5 Å². The number of hydrogen-bond donors (Lipinski definition) is 0. The fourth-order valence-corrected chi connectivity index (χ4v) is 9.71. The molecular weight excluding hydrogens is 340 g/mol. The van der Waals surface area contributed by atoms with E-state index >= 15 is 0 Å². The smallest absolute Gasteiger partial charge is 0.0637 e. The normalized spacial score (nSPS) is 53.5. The lowest BCUT2D eigenvalue weighted by molar-refractivity contribution is -0.0187. The van der Waals surface area contributed by atoms with Gasteiger partial charge in [-0.05, 0) is 136 Å². The van der Waals surface area contributed by atoms with Crippen LogP contribution in [0.5, 0.6) is 0 Å². The first kappa shape index (κ1) is 18.7. The Hall–Kier alpha value is -0.0400. The average molecular weight is 385 g/mol. The first-order valence-electron chi connectivity index (χ1n) is 12.9. The summed E-state index contributed by atoms with van der Waals surface area (Å²) in [6.45, 7) is 7.71. The van der Waals surface area contributed by atoms with Crippen LogP contribution in [-0.4, -0.2) is 12.2 Å². The van der Waals surface area contributed by atoms with Crippen LogP contribution in [0.15, 0.2) is 0 Å². The van der Waals surface area contributed by atoms with Crippen molar-refractivity contribution >= 4 is 0 Å². The van der Waals surface area contributed by atoms with Crippen molar-refractivity contribution in [3.63, 3.8) is 0 Å². The van der Waals surface area contributed by atoms with E-state index in [0.717, 1.165) is 23.2 Å². The van der Waals surface area contributed by atoms with Crippen LogP contribution >= 0.6 is 0 Å². The van der Waals surface area contributed by atoms with Gasteiger partial charge in [0.2, 0.25) is 0 Å². The van der Waals surface area contributed by atoms with Crippen LogP contribution in [0.3, 0.4) is 0 Å². The molecule has 0 N–H and O–H groups in total. The topological polar surface area (TPSA) is 9.23 Å². The van der Waals surface area contributed by atoms with Gasteiger partial charge in [-0.15, -0.1) is 0 Å². The van der Waals surface area contributed by atoms with Gasteiger partial charge in [-0.1, -0.05) is 20.8 Å². The maximum atomic E-state index is 6.30. The third-order valence-electron chi connectivity index (χ3n) is 11.5. The van der Waals surface area contributed by atoms with Gasteiger partial charge in [0, 0.05) is 0 Å². The van der Waals surface area contributed by atoms with Crippen molar-refractivity contribution in [1.29, 1.82) is 0 Å². The molecule has 0 amide bonds. The molecule has 6 rings (SSSR count). The van der Waals surface area contributed by atoms with Crippen molar-refractivity contribution in [3.8, 4) is 0 Å². The van der Waals surface area contributed by atoms with E-state index in [-0.39, 0.29) is 0 Å². The molecule has 2 aliphatic heterocycles. The summed E-state index contributed by atoms with van der Waals surface area (Å²) in [5.74, 6) is 3.25. The molecule has 5 unspecified atom stereocenters. The Bertz CT molecular complexity index is 614. The predicted molar refractivity (Wildman–Crippen MR) is 115 cm³/mol. The lowest BCUT2D eigenvalue weighted by atomic mass is 9.53. The van der Waals surface area contributed by atoms with Crippen LogP contribution in [0, 0.1) is 39.4 Å². The highest BCUT2D eigenvalue weighted by atomic mass is 16.5. The van der Waals surface area contributed by atoms with E-state index in [2.05, 4.69) is 20.8 Å². The number of rotatable bonds is 2. The average Bonchev–Trinajstić information content (AvgIpc) is 3.41. The maximum absolute atomic E-state index is 6.30. The SMILES string of the molecule is CC1(C)CCC2(CC1)CC1CC(CC3(C)CCC4(CC3)CC3CCC4O3)C2C1. The van der Waals surface area contributed by atoms with E-state index in [1.807, 2.05) is 0 Å². The summed E-state index contributed by atoms with van der Waals surface area (Å²) < 4.78 is 6.30. The molecule has 4 aliphatic carbocycles. The molecule has 2 saturated heterocycles. The lowest BCUT2D eigenvalue weighted by Crippen LogP contribution is -2.42. The molecule has 0 aromatic carbocycles. The zero-order valence-electron chi connectivity index (χ0n) is 18.9. The van der Waals surface area contributed by atoms with Crippen LogP contribution in [-0.2, 0) is 4.74 Å². The van der Waals surface area contributed by atoms with E-state index in [9.17, 15) is 0 Å². The Morgan fingerprint density at radius 1 is 0.750 bits per heavy atom. The molecular formula is C27H44O. The standard InChI is InChI=1S/C27H44O/c1-24(2)6-10-26(11-7-24)16-19-14-20(22(26)15-19)17-25(3)8-12-27(13-9-25)18-21-4-5-23(27)28-21/h19-23H,4-18H2,1-3H3. The lowest BCUT2D eigenvalue weighted by Gasteiger charge is -2.51. The largest absolute Gasteiger partial charge is 0.374 e. The molecule has 0 aromatic rings. The molecule has 5 atom stereocenters. The molecule has 28 heavy (non-hydrogen) atoms. The summed E-state index contributed by atoms with van der Waals surface area (Å²) in [6.07, 6.45) is 23.8. The summed E-state index contributed by atoms with van der Waals surface area (Å²) in [6, 6.07) is 0. The minimum Gasteiger partial charge on any atom is -0.374 e. The van der Waals surface area contributed by atoms with Crippen molar-refractivity contribution in [1.82, 2.24) is 0 Å². The van der Waals surface area contributed by atoms with Crippen molar-refractivity contribution in [2.75, 3.05) is 0 Å². The monoisotopic (exact) mass is 384 g/mol. The third-order valence-corrected chi connectivity index (χ3v) is 11.5. The fourth-order valence-electron chi connectivity index (χ4n) is 9.71. The Labute approximate surface area is 173 Å². The first-order chi connectivity index (χ1) is 13.3. The van der Waals surface area contributed by atoms with Gasteiger partial charge in [0.05, 0.1) is 12.2 Å². The molecule has 2 spiro atoms. The molecule has 158 valence electrons. The zero-order chi connectivity index (χ0) is 19.2. The van der Waals surface area contributed by atoms with Crippen molar-refractivity contribution in [3.05, 3.63) is 0 Å². The number of ether oxygens (including phenoxy) is 1. The molecule has 0 aromatic heterocycles. The maximum Gasteiger partial charge on any atom is 0.0637 e. The Kier molecular flexibility index (Phi) is 4.02. The van der Waals surface area contributed by atoms with Crippen molar-refractivity contribution in [2.24, 2.45) is 39.4 Å². The zero-order valence-corrected chi connectivity index (χ0v) is 18.9. The molecule has 1 nitrogen and oxygen atoms in total. The van der Waals surface area contributed by atoms with Crippen LogP contribution in [0.1, 0.15) is 117 Å². The molecule has 4 bridgehead atoms. The molecule has 1 heteroatoms. The van der Waals surface area contributed by atoms with E-state index in [4.69, 9.17) is 4.74 Å². The number of fused-ring (bicyclic) bond motifs is 6. The highest BCUT2D eigenvalue weighted by Gasteiger charge is 2.59. The minimum atomic E-state index is 0.604. The molecule has 4 saturated carbocycles. The summed E-state index contributed by atoms with van der Waals surface area (Å²) in [4.78, 5) is 0. The molecule has 0 radical (unpaired) electrons. The summed E-state index contributed by atoms with van der Waals surface area (Å²) in [7, 11) is 0. The predicted octanol–water partition coefficient (Wildman–Crippen LogP) is 7.53. The van der Waals surface area contributed by atoms with Crippen LogP contribution in [0.2, 0.25) is 0 Å². The van der Waals surface area contributed by atoms with Gasteiger partial charge in [-0.2, -0.15) is 0 Å². The van der Waals surface area contributed by atoms with E-state index in [1.165, 1.54) is 57.8 Å². The van der Waals surface area contributed by atoms with E-state index in [0.29, 0.717) is 28.5 Å². The minimum absolute atomic E-state index is 0.604. The van der Waals surface area contributed by atoms with Gasteiger partial charge in [-0.25, -0.2) is 0 Å². The van der Waals surface area contributed by atoms with Gasteiger partial charge in [0.15, 0.2) is 0 Å². The van der Waals surface area contributed by atoms with Crippen LogP contribution in [0.25, 0.3) is 0 Å². The summed E-state index contributed by atoms with van der Waals surface area (Å²) in [5, 5.41) is 0. The van der Waals surface area contributed by atoms with Crippen molar-refractivity contribution < 1.29 is 4.74 Å². The molecule has 6 aliphatic rings. The van der Waals surface area contributed by atoms with Gasteiger partial charge < -0.3 is 4.74 Å². The Balaban J connectivity index is 1.12. The fraction of sp³-hybridized carbons (Fsp3) is 1.00. The Morgan fingerprint density at radius 3 is 2.07 bits per heavy atom. The van der Waals surface area contributed by atoms with Gasteiger partial charge in [0.1, 0.15) is 0 Å². The first-order valence-corrected chi connectivity index (χ1v) is 12.9. The van der Waals surface area contributed by atoms with Gasteiger partial charge in [-0.3, -0.25) is 0 Å². The molecule has 2 heterocycles.